The summed E-state index contributed by atoms with van der Waals surface area (Å²) in [7, 11) is 0. The van der Waals surface area contributed by atoms with Crippen LogP contribution in [0.25, 0.3) is 11.1 Å². The van der Waals surface area contributed by atoms with Crippen molar-refractivity contribution in [2.24, 2.45) is 0 Å². The van der Waals surface area contributed by atoms with Gasteiger partial charge in [-0.15, -0.1) is 0 Å². The van der Waals surface area contributed by atoms with Crippen LogP contribution in [0.15, 0.2) is 22.6 Å². The zero-order valence-electron chi connectivity index (χ0n) is 11.1. The molecule has 0 fully saturated rings. The van der Waals surface area contributed by atoms with Crippen LogP contribution in [0.5, 0.6) is 0 Å². The van der Waals surface area contributed by atoms with Crippen LogP contribution in [0.4, 0.5) is 0 Å². The monoisotopic (exact) mass is 247 g/mol. The lowest BCUT2D eigenvalue weighted by Crippen LogP contribution is -2.28. The smallest absolute Gasteiger partial charge is 0.192 e. The maximum absolute atomic E-state index is 5.46. The summed E-state index contributed by atoms with van der Waals surface area (Å²) in [6.07, 6.45) is 1.02. The molecule has 0 saturated heterocycles. The average molecular weight is 247 g/mol. The van der Waals surface area contributed by atoms with Gasteiger partial charge < -0.3 is 15.1 Å². The first-order chi connectivity index (χ1) is 8.79. The van der Waals surface area contributed by atoms with Gasteiger partial charge in [0.1, 0.15) is 5.52 Å². The molecule has 0 aliphatic carbocycles. The van der Waals surface area contributed by atoms with Gasteiger partial charge in [-0.25, -0.2) is 4.98 Å². The molecule has 0 amide bonds. The fourth-order valence-corrected chi connectivity index (χ4v) is 1.95. The Kier molecular flexibility index (Phi) is 4.73. The van der Waals surface area contributed by atoms with Gasteiger partial charge in [0.15, 0.2) is 11.5 Å². The van der Waals surface area contributed by atoms with Gasteiger partial charge in [-0.05, 0) is 37.2 Å². The summed E-state index contributed by atoms with van der Waals surface area (Å²) >= 11 is 0. The van der Waals surface area contributed by atoms with Crippen molar-refractivity contribution in [3.8, 4) is 0 Å². The zero-order chi connectivity index (χ0) is 12.8. The molecular formula is C14H21N3O. The van der Waals surface area contributed by atoms with Crippen molar-refractivity contribution in [1.29, 1.82) is 0 Å². The van der Waals surface area contributed by atoms with E-state index in [2.05, 4.69) is 34.7 Å². The number of aryl methyl sites for hydroxylation is 1. The van der Waals surface area contributed by atoms with E-state index in [-0.39, 0.29) is 0 Å². The molecule has 98 valence electrons. The Hall–Kier alpha value is -1.39. The lowest BCUT2D eigenvalue weighted by atomic mass is 10.1. The van der Waals surface area contributed by atoms with Gasteiger partial charge in [0.2, 0.25) is 0 Å². The highest BCUT2D eigenvalue weighted by atomic mass is 16.3. The van der Waals surface area contributed by atoms with Crippen molar-refractivity contribution < 1.29 is 4.42 Å². The number of hydrogen-bond acceptors (Lipinski definition) is 4. The van der Waals surface area contributed by atoms with E-state index in [0.29, 0.717) is 0 Å². The van der Waals surface area contributed by atoms with Gasteiger partial charge in [0, 0.05) is 20.0 Å². The van der Waals surface area contributed by atoms with Crippen LogP contribution in [0.1, 0.15) is 18.4 Å². The predicted octanol–water partition coefficient (Wildman–Crippen LogP) is 1.88. The van der Waals surface area contributed by atoms with Gasteiger partial charge in [-0.1, -0.05) is 13.0 Å². The zero-order valence-corrected chi connectivity index (χ0v) is 11.1. The third kappa shape index (κ3) is 3.55. The van der Waals surface area contributed by atoms with E-state index in [4.69, 9.17) is 4.42 Å². The third-order valence-corrected chi connectivity index (χ3v) is 2.88. The summed E-state index contributed by atoms with van der Waals surface area (Å²) in [5.74, 6) is 0.728. The minimum Gasteiger partial charge on any atom is -0.441 e. The maximum atomic E-state index is 5.46. The molecule has 0 bridgehead atoms. The van der Waals surface area contributed by atoms with Gasteiger partial charge in [-0.2, -0.15) is 0 Å². The number of rotatable bonds is 7. The van der Waals surface area contributed by atoms with Crippen LogP contribution in [0.3, 0.4) is 0 Å². The summed E-state index contributed by atoms with van der Waals surface area (Å²) < 4.78 is 5.46. The Morgan fingerprint density at radius 2 is 2.00 bits per heavy atom. The number of oxazole rings is 1. The van der Waals surface area contributed by atoms with Crippen molar-refractivity contribution in [3.63, 3.8) is 0 Å². The van der Waals surface area contributed by atoms with Crippen LogP contribution < -0.4 is 10.6 Å². The third-order valence-electron chi connectivity index (χ3n) is 2.88. The van der Waals surface area contributed by atoms with Gasteiger partial charge in [0.05, 0.1) is 0 Å². The quantitative estimate of drug-likeness (QED) is 0.733. The first-order valence-corrected chi connectivity index (χ1v) is 6.57. The second-order valence-electron chi connectivity index (χ2n) is 4.39. The fraction of sp³-hybridized carbons (Fsp3) is 0.500. The van der Waals surface area contributed by atoms with Crippen LogP contribution in [0, 0.1) is 6.92 Å². The molecule has 2 aromatic rings. The van der Waals surface area contributed by atoms with E-state index in [1.165, 1.54) is 5.56 Å². The highest BCUT2D eigenvalue weighted by Gasteiger charge is 2.02. The molecule has 0 spiro atoms. The highest BCUT2D eigenvalue weighted by molar-refractivity contribution is 5.73. The second kappa shape index (κ2) is 6.52. The molecule has 1 aromatic heterocycles. The fourth-order valence-electron chi connectivity index (χ4n) is 1.95. The van der Waals surface area contributed by atoms with E-state index in [0.717, 1.165) is 49.6 Å². The molecule has 18 heavy (non-hydrogen) atoms. The highest BCUT2D eigenvalue weighted by Crippen LogP contribution is 2.16. The molecule has 2 rings (SSSR count). The molecule has 0 unspecified atom stereocenters. The summed E-state index contributed by atoms with van der Waals surface area (Å²) in [5.41, 5.74) is 3.13. The number of likely N-dealkylation sites (N-methyl/N-ethyl adjacent to an activating group) is 1. The van der Waals surface area contributed by atoms with Gasteiger partial charge in [0.25, 0.3) is 0 Å². The molecule has 0 aliphatic heterocycles. The number of hydrogen-bond donors (Lipinski definition) is 2. The minimum absolute atomic E-state index is 0.728. The first-order valence-electron chi connectivity index (χ1n) is 6.57. The molecular weight excluding hydrogens is 226 g/mol. The molecule has 0 radical (unpaired) electrons. The lowest BCUT2D eigenvalue weighted by molar-refractivity contribution is 0.561. The molecule has 2 N–H and O–H groups in total. The van der Waals surface area contributed by atoms with Crippen molar-refractivity contribution in [2.75, 3.05) is 26.2 Å². The van der Waals surface area contributed by atoms with Crippen molar-refractivity contribution >= 4 is 11.1 Å². The Balaban J connectivity index is 1.80. The van der Waals surface area contributed by atoms with E-state index in [1.807, 2.05) is 13.0 Å². The van der Waals surface area contributed by atoms with Gasteiger partial charge >= 0.3 is 0 Å². The van der Waals surface area contributed by atoms with E-state index in [9.17, 15) is 0 Å². The van der Waals surface area contributed by atoms with E-state index in [1.54, 1.807) is 0 Å². The summed E-state index contributed by atoms with van der Waals surface area (Å²) in [4.78, 5) is 4.35. The average Bonchev–Trinajstić information content (AvgIpc) is 2.73. The Bertz CT molecular complexity index is 493. The molecule has 0 saturated carbocycles. The number of fused-ring (bicyclic) bond motifs is 1. The van der Waals surface area contributed by atoms with Crippen molar-refractivity contribution in [3.05, 3.63) is 29.7 Å². The molecule has 1 aromatic carbocycles. The van der Waals surface area contributed by atoms with Gasteiger partial charge in [-0.3, -0.25) is 0 Å². The van der Waals surface area contributed by atoms with Crippen LogP contribution in [0.2, 0.25) is 0 Å². The molecule has 0 atom stereocenters. The van der Waals surface area contributed by atoms with Crippen molar-refractivity contribution in [1.82, 2.24) is 15.6 Å². The summed E-state index contributed by atoms with van der Waals surface area (Å²) in [6, 6.07) is 6.22. The van der Waals surface area contributed by atoms with Crippen LogP contribution in [-0.4, -0.2) is 31.2 Å². The standard InChI is InChI=1S/C14H21N3O/c1-3-15-8-9-16-7-6-12-4-5-14-13(10-12)17-11(2)18-14/h4-5,10,15-16H,3,6-9H2,1-2H3. The maximum Gasteiger partial charge on any atom is 0.192 e. The van der Waals surface area contributed by atoms with E-state index < -0.39 is 0 Å². The summed E-state index contributed by atoms with van der Waals surface area (Å²) in [6.45, 7) is 8.06. The predicted molar refractivity (Wildman–Crippen MR) is 73.9 cm³/mol. The number of nitrogens with zero attached hydrogens (tertiary/aromatic N) is 1. The van der Waals surface area contributed by atoms with Crippen molar-refractivity contribution in [2.45, 2.75) is 20.3 Å². The Morgan fingerprint density at radius 3 is 2.83 bits per heavy atom. The molecule has 0 aliphatic rings. The van der Waals surface area contributed by atoms with Crippen LogP contribution >= 0.6 is 0 Å². The van der Waals surface area contributed by atoms with Crippen LogP contribution in [-0.2, 0) is 6.42 Å². The largest absolute Gasteiger partial charge is 0.441 e. The Labute approximate surface area is 108 Å². The normalized spacial score (nSPS) is 11.2. The first kappa shape index (κ1) is 13.1. The lowest BCUT2D eigenvalue weighted by Gasteiger charge is -2.05. The molecule has 4 heteroatoms. The number of aromatic nitrogens is 1. The molecule has 1 heterocycles. The van der Waals surface area contributed by atoms with E-state index >= 15 is 0 Å². The number of nitrogens with one attached hydrogen (secondary N) is 2. The number of benzene rings is 1. The molecule has 4 nitrogen and oxygen atoms in total. The Morgan fingerprint density at radius 1 is 1.17 bits per heavy atom. The topological polar surface area (TPSA) is 50.1 Å². The SMILES string of the molecule is CCNCCNCCc1ccc2oc(C)nc2c1. The summed E-state index contributed by atoms with van der Waals surface area (Å²) in [5, 5.41) is 6.70. The second-order valence-corrected chi connectivity index (χ2v) is 4.39. The minimum atomic E-state index is 0.728.